The largest absolute Gasteiger partial charge is 0.481 e. The van der Waals surface area contributed by atoms with Crippen molar-refractivity contribution >= 4 is 11.9 Å². The van der Waals surface area contributed by atoms with E-state index in [0.717, 1.165) is 25.7 Å². The molecule has 0 aliphatic carbocycles. The number of nitrogens with one attached hydrogen (secondary N) is 1. The number of unbranched alkanes of at least 4 members (excludes halogenated alkanes) is 3. The molecular weight excluding hydrogens is 220 g/mol. The van der Waals surface area contributed by atoms with Crippen LogP contribution in [-0.4, -0.2) is 29.6 Å². The van der Waals surface area contributed by atoms with Gasteiger partial charge in [-0.3, -0.25) is 9.59 Å². The summed E-state index contributed by atoms with van der Waals surface area (Å²) < 4.78 is 0. The van der Waals surface area contributed by atoms with Crippen LogP contribution in [0.5, 0.6) is 0 Å². The summed E-state index contributed by atoms with van der Waals surface area (Å²) in [4.78, 5) is 22.0. The SMILES string of the molecule is CCC(CC(=O)O)NC(=O)CCCCCCN. The normalized spacial score (nSPS) is 12.1. The molecule has 0 aliphatic heterocycles. The summed E-state index contributed by atoms with van der Waals surface area (Å²) in [6.07, 6.45) is 5.01. The van der Waals surface area contributed by atoms with Gasteiger partial charge in [0, 0.05) is 12.5 Å². The monoisotopic (exact) mass is 244 g/mol. The molecule has 0 bridgehead atoms. The average Bonchev–Trinajstić information content (AvgIpc) is 2.27. The Hall–Kier alpha value is -1.10. The zero-order valence-electron chi connectivity index (χ0n) is 10.6. The Morgan fingerprint density at radius 2 is 1.88 bits per heavy atom. The van der Waals surface area contributed by atoms with Crippen molar-refractivity contribution in [3.8, 4) is 0 Å². The van der Waals surface area contributed by atoms with Crippen molar-refractivity contribution < 1.29 is 14.7 Å². The summed E-state index contributed by atoms with van der Waals surface area (Å²) >= 11 is 0. The standard InChI is InChI=1S/C12H24N2O3/c1-2-10(9-12(16)17)14-11(15)7-5-3-4-6-8-13/h10H,2-9,13H2,1H3,(H,14,15)(H,16,17). The van der Waals surface area contributed by atoms with Crippen LogP contribution in [0.1, 0.15) is 51.9 Å². The van der Waals surface area contributed by atoms with E-state index in [9.17, 15) is 9.59 Å². The number of carbonyl (C=O) groups excluding carboxylic acids is 1. The molecule has 1 unspecified atom stereocenters. The van der Waals surface area contributed by atoms with Gasteiger partial charge in [0.05, 0.1) is 6.42 Å². The zero-order valence-corrected chi connectivity index (χ0v) is 10.6. The summed E-state index contributed by atoms with van der Waals surface area (Å²) in [7, 11) is 0. The summed E-state index contributed by atoms with van der Waals surface area (Å²) in [5.74, 6) is -0.925. The van der Waals surface area contributed by atoms with Crippen LogP contribution in [0.4, 0.5) is 0 Å². The number of hydrogen-bond donors (Lipinski definition) is 3. The fourth-order valence-corrected chi connectivity index (χ4v) is 1.59. The molecule has 0 saturated heterocycles. The predicted molar refractivity (Wildman–Crippen MR) is 66.6 cm³/mol. The number of rotatable bonds is 10. The van der Waals surface area contributed by atoms with E-state index in [-0.39, 0.29) is 18.4 Å². The lowest BCUT2D eigenvalue weighted by molar-refractivity contribution is -0.137. The van der Waals surface area contributed by atoms with Crippen molar-refractivity contribution in [2.45, 2.75) is 57.9 Å². The van der Waals surface area contributed by atoms with Gasteiger partial charge in [0.25, 0.3) is 0 Å². The van der Waals surface area contributed by atoms with E-state index in [4.69, 9.17) is 10.8 Å². The number of amides is 1. The lowest BCUT2D eigenvalue weighted by Crippen LogP contribution is -2.35. The van der Waals surface area contributed by atoms with Gasteiger partial charge in [-0.05, 0) is 25.8 Å². The first-order valence-electron chi connectivity index (χ1n) is 6.31. The molecule has 0 saturated carbocycles. The quantitative estimate of drug-likeness (QED) is 0.504. The molecule has 0 radical (unpaired) electrons. The van der Waals surface area contributed by atoms with E-state index in [2.05, 4.69) is 5.32 Å². The lowest BCUT2D eigenvalue weighted by atomic mass is 10.1. The van der Waals surface area contributed by atoms with Crippen molar-refractivity contribution in [1.29, 1.82) is 0 Å². The Kier molecular flexibility index (Phi) is 9.43. The molecule has 5 nitrogen and oxygen atoms in total. The number of carbonyl (C=O) groups is 2. The third-order valence-electron chi connectivity index (χ3n) is 2.64. The summed E-state index contributed by atoms with van der Waals surface area (Å²) in [5, 5.41) is 11.4. The smallest absolute Gasteiger partial charge is 0.305 e. The van der Waals surface area contributed by atoms with Crippen molar-refractivity contribution in [3.05, 3.63) is 0 Å². The van der Waals surface area contributed by atoms with Crippen LogP contribution >= 0.6 is 0 Å². The van der Waals surface area contributed by atoms with Crippen molar-refractivity contribution in [3.63, 3.8) is 0 Å². The summed E-state index contributed by atoms with van der Waals surface area (Å²) in [6, 6.07) is -0.246. The maximum atomic E-state index is 11.5. The molecule has 0 aromatic rings. The fraction of sp³-hybridized carbons (Fsp3) is 0.833. The molecule has 17 heavy (non-hydrogen) atoms. The van der Waals surface area contributed by atoms with E-state index < -0.39 is 5.97 Å². The molecule has 1 amide bonds. The Balaban J connectivity index is 3.64. The maximum Gasteiger partial charge on any atom is 0.305 e. The van der Waals surface area contributed by atoms with Gasteiger partial charge in [0.1, 0.15) is 0 Å². The highest BCUT2D eigenvalue weighted by Crippen LogP contribution is 2.04. The van der Waals surface area contributed by atoms with Gasteiger partial charge in [0.15, 0.2) is 0 Å². The Morgan fingerprint density at radius 1 is 1.24 bits per heavy atom. The Morgan fingerprint density at radius 3 is 2.41 bits per heavy atom. The van der Waals surface area contributed by atoms with Crippen LogP contribution in [0.2, 0.25) is 0 Å². The third-order valence-corrected chi connectivity index (χ3v) is 2.64. The van der Waals surface area contributed by atoms with Crippen LogP contribution in [0.25, 0.3) is 0 Å². The second-order valence-electron chi connectivity index (χ2n) is 4.22. The average molecular weight is 244 g/mol. The minimum absolute atomic E-state index is 0.00455. The van der Waals surface area contributed by atoms with Gasteiger partial charge >= 0.3 is 5.97 Å². The van der Waals surface area contributed by atoms with Crippen LogP contribution in [0.15, 0.2) is 0 Å². The van der Waals surface area contributed by atoms with E-state index in [1.54, 1.807) is 0 Å². The number of nitrogens with two attached hydrogens (primary N) is 1. The van der Waals surface area contributed by atoms with E-state index in [1.165, 1.54) is 0 Å². The molecule has 0 aromatic heterocycles. The lowest BCUT2D eigenvalue weighted by Gasteiger charge is -2.14. The number of carboxylic acid groups (broad SMARTS) is 1. The third kappa shape index (κ3) is 9.81. The highest BCUT2D eigenvalue weighted by Gasteiger charge is 2.13. The second-order valence-corrected chi connectivity index (χ2v) is 4.22. The summed E-state index contributed by atoms with van der Waals surface area (Å²) in [6.45, 7) is 2.57. The van der Waals surface area contributed by atoms with Crippen molar-refractivity contribution in [1.82, 2.24) is 5.32 Å². The van der Waals surface area contributed by atoms with Crippen molar-refractivity contribution in [2.75, 3.05) is 6.54 Å². The van der Waals surface area contributed by atoms with E-state index in [0.29, 0.717) is 19.4 Å². The van der Waals surface area contributed by atoms with Crippen LogP contribution in [-0.2, 0) is 9.59 Å². The number of carboxylic acids is 1. The van der Waals surface area contributed by atoms with Gasteiger partial charge < -0.3 is 16.2 Å². The van der Waals surface area contributed by atoms with E-state index >= 15 is 0 Å². The number of aliphatic carboxylic acids is 1. The molecule has 100 valence electrons. The van der Waals surface area contributed by atoms with Gasteiger partial charge in [-0.15, -0.1) is 0 Å². The zero-order chi connectivity index (χ0) is 13.1. The van der Waals surface area contributed by atoms with Gasteiger partial charge in [0.2, 0.25) is 5.91 Å². The van der Waals surface area contributed by atoms with Gasteiger partial charge in [-0.25, -0.2) is 0 Å². The first kappa shape index (κ1) is 15.9. The predicted octanol–water partition coefficient (Wildman–Crippen LogP) is 1.27. The molecule has 0 rings (SSSR count). The minimum Gasteiger partial charge on any atom is -0.481 e. The van der Waals surface area contributed by atoms with Crippen LogP contribution in [0.3, 0.4) is 0 Å². The maximum absolute atomic E-state index is 11.5. The Bertz CT molecular complexity index is 232. The molecule has 0 heterocycles. The second kappa shape index (κ2) is 10.1. The number of hydrogen-bond acceptors (Lipinski definition) is 3. The Labute approximate surface area is 103 Å². The molecular formula is C12H24N2O3. The molecule has 5 heteroatoms. The minimum atomic E-state index is -0.875. The topological polar surface area (TPSA) is 92.4 Å². The first-order chi connectivity index (χ1) is 8.10. The highest BCUT2D eigenvalue weighted by molar-refractivity contribution is 5.77. The van der Waals surface area contributed by atoms with Crippen LogP contribution < -0.4 is 11.1 Å². The van der Waals surface area contributed by atoms with Crippen molar-refractivity contribution in [2.24, 2.45) is 5.73 Å². The van der Waals surface area contributed by atoms with Gasteiger partial charge in [-0.2, -0.15) is 0 Å². The highest BCUT2D eigenvalue weighted by atomic mass is 16.4. The first-order valence-corrected chi connectivity index (χ1v) is 6.31. The molecule has 0 aromatic carbocycles. The molecule has 0 fully saturated rings. The molecule has 4 N–H and O–H groups in total. The molecule has 0 aliphatic rings. The fourth-order valence-electron chi connectivity index (χ4n) is 1.59. The molecule has 0 spiro atoms. The summed E-state index contributed by atoms with van der Waals surface area (Å²) in [5.41, 5.74) is 5.37. The van der Waals surface area contributed by atoms with Crippen LogP contribution in [0, 0.1) is 0 Å². The molecule has 1 atom stereocenters. The van der Waals surface area contributed by atoms with Gasteiger partial charge in [-0.1, -0.05) is 19.8 Å². The van der Waals surface area contributed by atoms with E-state index in [1.807, 2.05) is 6.92 Å².